The molecule has 0 fully saturated rings. The van der Waals surface area contributed by atoms with Crippen LogP contribution in [-0.4, -0.2) is 28.8 Å². The highest BCUT2D eigenvalue weighted by Crippen LogP contribution is 2.29. The quantitative estimate of drug-likeness (QED) is 0.147. The van der Waals surface area contributed by atoms with Crippen molar-refractivity contribution in [1.29, 1.82) is 0 Å². The number of rotatable bonds is 13. The lowest BCUT2D eigenvalue weighted by Crippen LogP contribution is -2.24. The number of unbranched alkanes of at least 4 members (excludes halogenated alkanes) is 2. The number of nitrogens with zero attached hydrogens (tertiary/aromatic N) is 4. The maximum Gasteiger partial charge on any atom is 0.157 e. The second-order valence-electron chi connectivity index (χ2n) is 10.2. The van der Waals surface area contributed by atoms with Gasteiger partial charge < -0.3 is 18.9 Å². The van der Waals surface area contributed by atoms with Crippen LogP contribution < -0.4 is 14.4 Å². The van der Waals surface area contributed by atoms with Gasteiger partial charge in [-0.2, -0.15) is 0 Å². The molecule has 40 heavy (non-hydrogen) atoms. The second kappa shape index (κ2) is 13.2. The third-order valence-electron chi connectivity index (χ3n) is 7.24. The van der Waals surface area contributed by atoms with Crippen LogP contribution >= 0.6 is 0 Å². The molecular formula is C34H38N4O2. The number of aromatic nitrogens is 3. The van der Waals surface area contributed by atoms with Gasteiger partial charge in [-0.05, 0) is 59.9 Å². The predicted molar refractivity (Wildman–Crippen MR) is 162 cm³/mol. The Morgan fingerprint density at radius 1 is 0.750 bits per heavy atom. The van der Waals surface area contributed by atoms with Gasteiger partial charge in [0.05, 0.1) is 26.1 Å². The fraction of sp³-hybridized carbons (Fsp3) is 0.294. The van der Waals surface area contributed by atoms with Gasteiger partial charge in [-0.15, -0.1) is 0 Å². The summed E-state index contributed by atoms with van der Waals surface area (Å²) in [6.45, 7) is 4.40. The van der Waals surface area contributed by atoms with Crippen LogP contribution in [0.2, 0.25) is 0 Å². The summed E-state index contributed by atoms with van der Waals surface area (Å²) in [6, 6.07) is 29.3. The monoisotopic (exact) mass is 534 g/mol. The van der Waals surface area contributed by atoms with E-state index in [-0.39, 0.29) is 0 Å². The van der Waals surface area contributed by atoms with Crippen molar-refractivity contribution < 1.29 is 9.47 Å². The molecule has 0 amide bonds. The second-order valence-corrected chi connectivity index (χ2v) is 10.2. The molecule has 0 spiro atoms. The van der Waals surface area contributed by atoms with Crippen molar-refractivity contribution in [3.63, 3.8) is 0 Å². The summed E-state index contributed by atoms with van der Waals surface area (Å²) in [7, 11) is 3.39. The Balaban J connectivity index is 1.57. The maximum atomic E-state index is 5.40. The standard InChI is InChI=1S/C34H38N4O2/c1-4-5-7-12-29-21-32-33(35-25-38(32)24-26-10-8-6-9-11-26)34(36-29)37(22-27-13-17-30(39-2)18-14-27)23-28-15-19-31(40-3)20-16-28/h6,8-11,13-21,25H,4-5,7,12,22-24H2,1-3H3. The molecule has 0 radical (unpaired) electrons. The summed E-state index contributed by atoms with van der Waals surface area (Å²) in [4.78, 5) is 12.5. The summed E-state index contributed by atoms with van der Waals surface area (Å²) in [5.74, 6) is 2.62. The average Bonchev–Trinajstić information content (AvgIpc) is 3.40. The molecule has 0 atom stereocenters. The van der Waals surface area contributed by atoms with Crippen molar-refractivity contribution in [2.24, 2.45) is 0 Å². The molecule has 5 rings (SSSR count). The van der Waals surface area contributed by atoms with Crippen molar-refractivity contribution in [1.82, 2.24) is 14.5 Å². The number of hydrogen-bond donors (Lipinski definition) is 0. The van der Waals surface area contributed by atoms with E-state index in [4.69, 9.17) is 19.4 Å². The van der Waals surface area contributed by atoms with Crippen molar-refractivity contribution in [2.75, 3.05) is 19.1 Å². The van der Waals surface area contributed by atoms with E-state index in [0.717, 1.165) is 53.4 Å². The van der Waals surface area contributed by atoms with Gasteiger partial charge in [0.25, 0.3) is 0 Å². The number of imidazole rings is 1. The topological polar surface area (TPSA) is 52.4 Å². The summed E-state index contributed by atoms with van der Waals surface area (Å²) >= 11 is 0. The molecule has 0 aliphatic carbocycles. The number of hydrogen-bond acceptors (Lipinski definition) is 5. The molecule has 0 N–H and O–H groups in total. The fourth-order valence-corrected chi connectivity index (χ4v) is 5.01. The normalized spacial score (nSPS) is 11.1. The molecule has 2 aromatic heterocycles. The molecule has 0 bridgehead atoms. The zero-order valence-corrected chi connectivity index (χ0v) is 23.7. The van der Waals surface area contributed by atoms with Gasteiger partial charge in [-0.1, -0.05) is 74.4 Å². The molecule has 0 saturated heterocycles. The highest BCUT2D eigenvalue weighted by molar-refractivity contribution is 5.87. The minimum absolute atomic E-state index is 0.697. The SMILES string of the molecule is CCCCCc1cc2c(ncn2Cc2ccccc2)c(N(Cc2ccc(OC)cc2)Cc2ccc(OC)cc2)n1. The third kappa shape index (κ3) is 6.63. The van der Waals surface area contributed by atoms with Crippen molar-refractivity contribution in [2.45, 2.75) is 52.2 Å². The number of pyridine rings is 1. The summed E-state index contributed by atoms with van der Waals surface area (Å²) in [6.07, 6.45) is 6.41. The van der Waals surface area contributed by atoms with Gasteiger partial charge >= 0.3 is 0 Å². The highest BCUT2D eigenvalue weighted by Gasteiger charge is 2.19. The van der Waals surface area contributed by atoms with E-state index >= 15 is 0 Å². The number of benzene rings is 3. The van der Waals surface area contributed by atoms with Crippen molar-refractivity contribution in [3.8, 4) is 11.5 Å². The Morgan fingerprint density at radius 2 is 1.38 bits per heavy atom. The van der Waals surface area contributed by atoms with Crippen LogP contribution in [0.1, 0.15) is 48.6 Å². The molecule has 3 aromatic carbocycles. The predicted octanol–water partition coefficient (Wildman–Crippen LogP) is 7.44. The van der Waals surface area contributed by atoms with Crippen LogP contribution in [-0.2, 0) is 26.1 Å². The highest BCUT2D eigenvalue weighted by atomic mass is 16.5. The smallest absolute Gasteiger partial charge is 0.157 e. The molecule has 0 aliphatic rings. The first-order chi connectivity index (χ1) is 19.7. The Bertz CT molecular complexity index is 1450. The summed E-state index contributed by atoms with van der Waals surface area (Å²) in [5.41, 5.74) is 6.78. The van der Waals surface area contributed by atoms with Crippen molar-refractivity contribution in [3.05, 3.63) is 114 Å². The van der Waals surface area contributed by atoms with E-state index in [1.807, 2.05) is 30.6 Å². The fourth-order valence-electron chi connectivity index (χ4n) is 5.01. The van der Waals surface area contributed by atoms with E-state index in [1.54, 1.807) is 14.2 Å². The van der Waals surface area contributed by atoms with Gasteiger partial charge in [0.15, 0.2) is 5.82 Å². The van der Waals surface area contributed by atoms with E-state index in [0.29, 0.717) is 13.1 Å². The zero-order valence-electron chi connectivity index (χ0n) is 23.7. The Labute approximate surface area is 237 Å². The molecule has 0 unspecified atom stereocenters. The van der Waals surface area contributed by atoms with Crippen LogP contribution in [0.5, 0.6) is 11.5 Å². The summed E-state index contributed by atoms with van der Waals surface area (Å²) < 4.78 is 13.0. The minimum Gasteiger partial charge on any atom is -0.497 e. The lowest BCUT2D eigenvalue weighted by molar-refractivity contribution is 0.414. The number of fused-ring (bicyclic) bond motifs is 1. The van der Waals surface area contributed by atoms with Crippen LogP contribution in [0.15, 0.2) is 91.3 Å². The van der Waals surface area contributed by atoms with Crippen LogP contribution in [0.25, 0.3) is 11.0 Å². The lowest BCUT2D eigenvalue weighted by Gasteiger charge is -2.25. The van der Waals surface area contributed by atoms with E-state index in [2.05, 4.69) is 77.1 Å². The average molecular weight is 535 g/mol. The molecule has 5 aromatic rings. The number of ether oxygens (including phenoxy) is 2. The third-order valence-corrected chi connectivity index (χ3v) is 7.24. The molecular weight excluding hydrogens is 496 g/mol. The molecule has 0 aliphatic heterocycles. The van der Waals surface area contributed by atoms with Gasteiger partial charge in [0, 0.05) is 25.3 Å². The number of methoxy groups -OCH3 is 2. The molecule has 206 valence electrons. The van der Waals surface area contributed by atoms with Crippen LogP contribution in [0.4, 0.5) is 5.82 Å². The van der Waals surface area contributed by atoms with E-state index < -0.39 is 0 Å². The molecule has 6 heteroatoms. The Kier molecular flexibility index (Phi) is 8.96. The summed E-state index contributed by atoms with van der Waals surface area (Å²) in [5, 5.41) is 0. The zero-order chi connectivity index (χ0) is 27.7. The van der Waals surface area contributed by atoms with Crippen molar-refractivity contribution >= 4 is 16.9 Å². The van der Waals surface area contributed by atoms with Crippen LogP contribution in [0, 0.1) is 0 Å². The van der Waals surface area contributed by atoms with Gasteiger partial charge in [0.2, 0.25) is 0 Å². The Morgan fingerprint density at radius 3 is 1.95 bits per heavy atom. The van der Waals surface area contributed by atoms with E-state index in [1.165, 1.54) is 29.5 Å². The van der Waals surface area contributed by atoms with Crippen LogP contribution in [0.3, 0.4) is 0 Å². The van der Waals surface area contributed by atoms with Gasteiger partial charge in [-0.3, -0.25) is 0 Å². The maximum absolute atomic E-state index is 5.40. The molecule has 0 saturated carbocycles. The van der Waals surface area contributed by atoms with Gasteiger partial charge in [0.1, 0.15) is 17.0 Å². The minimum atomic E-state index is 0.697. The van der Waals surface area contributed by atoms with E-state index in [9.17, 15) is 0 Å². The lowest BCUT2D eigenvalue weighted by atomic mass is 10.1. The number of aryl methyl sites for hydroxylation is 1. The first kappa shape index (κ1) is 27.3. The molecule has 2 heterocycles. The first-order valence-electron chi connectivity index (χ1n) is 14.1. The number of anilines is 1. The Hall–Kier alpha value is -4.32. The van der Waals surface area contributed by atoms with Gasteiger partial charge in [-0.25, -0.2) is 9.97 Å². The largest absolute Gasteiger partial charge is 0.497 e. The molecule has 6 nitrogen and oxygen atoms in total. The first-order valence-corrected chi connectivity index (χ1v) is 14.1.